The summed E-state index contributed by atoms with van der Waals surface area (Å²) in [6.07, 6.45) is 1.71. The van der Waals surface area contributed by atoms with Crippen molar-refractivity contribution in [2.45, 2.75) is 13.5 Å². The van der Waals surface area contributed by atoms with Crippen molar-refractivity contribution in [3.05, 3.63) is 64.5 Å². The van der Waals surface area contributed by atoms with Crippen molar-refractivity contribution in [2.24, 2.45) is 5.73 Å². The van der Waals surface area contributed by atoms with Crippen LogP contribution in [0.2, 0.25) is 0 Å². The fourth-order valence-corrected chi connectivity index (χ4v) is 2.22. The van der Waals surface area contributed by atoms with Gasteiger partial charge in [-0.15, -0.1) is 0 Å². The number of aryl methyl sites for hydroxylation is 1. The molecule has 0 atom stereocenters. The van der Waals surface area contributed by atoms with Gasteiger partial charge in [-0.05, 0) is 30.7 Å². The summed E-state index contributed by atoms with van der Waals surface area (Å²) in [7, 11) is 0. The monoisotopic (exact) mass is 254 g/mol. The van der Waals surface area contributed by atoms with Gasteiger partial charge in [-0.3, -0.25) is 4.40 Å². The van der Waals surface area contributed by atoms with E-state index < -0.39 is 0 Å². The maximum Gasteiger partial charge on any atom is 0.339 e. The first-order chi connectivity index (χ1) is 9.22. The van der Waals surface area contributed by atoms with Gasteiger partial charge >= 0.3 is 5.69 Å². The highest BCUT2D eigenvalue weighted by molar-refractivity contribution is 5.44. The lowest BCUT2D eigenvalue weighted by Crippen LogP contribution is -2.30. The maximum atomic E-state index is 12.6. The molecule has 0 radical (unpaired) electrons. The van der Waals surface area contributed by atoms with Crippen molar-refractivity contribution in [2.75, 3.05) is 0 Å². The molecule has 5 heteroatoms. The Hall–Kier alpha value is -2.40. The van der Waals surface area contributed by atoms with E-state index in [1.807, 2.05) is 31.2 Å². The van der Waals surface area contributed by atoms with Gasteiger partial charge in [-0.1, -0.05) is 18.2 Å². The van der Waals surface area contributed by atoms with E-state index in [1.54, 1.807) is 22.9 Å². The van der Waals surface area contributed by atoms with E-state index in [0.29, 0.717) is 11.5 Å². The standard InChI is InChI=1S/C14H14N4O/c1-10-5-2-3-6-11(10)18-13(9-15)16-12-7-4-8-17(12)14(18)19/h2-8H,9,15H2,1H3. The molecule has 3 rings (SSSR count). The van der Waals surface area contributed by atoms with Crippen molar-refractivity contribution in [1.82, 2.24) is 14.0 Å². The van der Waals surface area contributed by atoms with E-state index in [-0.39, 0.29) is 12.2 Å². The normalized spacial score (nSPS) is 11.1. The Balaban J connectivity index is 2.43. The molecular weight excluding hydrogens is 240 g/mol. The predicted molar refractivity (Wildman–Crippen MR) is 73.4 cm³/mol. The minimum absolute atomic E-state index is 0.148. The summed E-state index contributed by atoms with van der Waals surface area (Å²) in [5.74, 6) is 0.561. The van der Waals surface area contributed by atoms with E-state index in [0.717, 1.165) is 11.3 Å². The Morgan fingerprint density at radius 1 is 1.21 bits per heavy atom. The Morgan fingerprint density at radius 3 is 2.74 bits per heavy atom. The highest BCUT2D eigenvalue weighted by Crippen LogP contribution is 2.13. The summed E-state index contributed by atoms with van der Waals surface area (Å²) in [5, 5.41) is 0. The van der Waals surface area contributed by atoms with E-state index in [1.165, 1.54) is 4.40 Å². The number of hydrogen-bond acceptors (Lipinski definition) is 3. The van der Waals surface area contributed by atoms with E-state index in [9.17, 15) is 4.79 Å². The quantitative estimate of drug-likeness (QED) is 0.748. The van der Waals surface area contributed by atoms with Gasteiger partial charge in [0.1, 0.15) is 11.5 Å². The van der Waals surface area contributed by atoms with Crippen molar-refractivity contribution < 1.29 is 0 Å². The van der Waals surface area contributed by atoms with Crippen LogP contribution >= 0.6 is 0 Å². The molecule has 0 saturated heterocycles. The predicted octanol–water partition coefficient (Wildman–Crippen LogP) is 1.25. The number of hydrogen-bond donors (Lipinski definition) is 1. The average Bonchev–Trinajstić information content (AvgIpc) is 2.88. The maximum absolute atomic E-state index is 12.6. The summed E-state index contributed by atoms with van der Waals surface area (Å²) in [6.45, 7) is 2.17. The molecule has 0 aliphatic rings. The van der Waals surface area contributed by atoms with Gasteiger partial charge in [0.2, 0.25) is 0 Å². The fraction of sp³-hybridized carbons (Fsp3) is 0.143. The first kappa shape index (κ1) is 11.7. The molecule has 2 aromatic heterocycles. The third kappa shape index (κ3) is 1.75. The summed E-state index contributed by atoms with van der Waals surface area (Å²) in [6, 6.07) is 11.3. The van der Waals surface area contributed by atoms with Crippen molar-refractivity contribution >= 4 is 5.65 Å². The second kappa shape index (κ2) is 4.37. The van der Waals surface area contributed by atoms with Crippen molar-refractivity contribution in [3.8, 4) is 5.69 Å². The third-order valence-electron chi connectivity index (χ3n) is 3.17. The molecule has 2 N–H and O–H groups in total. The molecular formula is C14H14N4O. The van der Waals surface area contributed by atoms with Crippen LogP contribution in [0.25, 0.3) is 11.3 Å². The minimum Gasteiger partial charge on any atom is -0.324 e. The summed E-state index contributed by atoms with van der Waals surface area (Å²) in [4.78, 5) is 17.0. The summed E-state index contributed by atoms with van der Waals surface area (Å²) in [5.41, 5.74) is 8.03. The molecule has 19 heavy (non-hydrogen) atoms. The van der Waals surface area contributed by atoms with Gasteiger partial charge in [0.25, 0.3) is 0 Å². The van der Waals surface area contributed by atoms with Crippen molar-refractivity contribution in [1.29, 1.82) is 0 Å². The minimum atomic E-state index is -0.148. The number of benzene rings is 1. The van der Waals surface area contributed by atoms with Gasteiger partial charge < -0.3 is 5.73 Å². The zero-order valence-electron chi connectivity index (χ0n) is 10.6. The summed E-state index contributed by atoms with van der Waals surface area (Å²) < 4.78 is 3.09. The van der Waals surface area contributed by atoms with E-state index in [2.05, 4.69) is 4.98 Å². The number of fused-ring (bicyclic) bond motifs is 1. The lowest BCUT2D eigenvalue weighted by molar-refractivity contribution is 0.750. The molecule has 0 saturated carbocycles. The zero-order chi connectivity index (χ0) is 13.4. The van der Waals surface area contributed by atoms with Crippen LogP contribution in [0.4, 0.5) is 0 Å². The number of para-hydroxylation sites is 1. The highest BCUT2D eigenvalue weighted by atomic mass is 16.1. The Kier molecular flexibility index (Phi) is 2.68. The molecule has 0 aliphatic heterocycles. The molecule has 0 fully saturated rings. The van der Waals surface area contributed by atoms with Crippen molar-refractivity contribution in [3.63, 3.8) is 0 Å². The first-order valence-corrected chi connectivity index (χ1v) is 6.07. The second-order valence-electron chi connectivity index (χ2n) is 4.37. The Morgan fingerprint density at radius 2 is 2.00 bits per heavy atom. The van der Waals surface area contributed by atoms with Crippen LogP contribution in [0.1, 0.15) is 11.4 Å². The SMILES string of the molecule is Cc1ccccc1-n1c(CN)nc2cccn2c1=O. The fourth-order valence-electron chi connectivity index (χ4n) is 2.22. The van der Waals surface area contributed by atoms with Gasteiger partial charge in [-0.25, -0.2) is 14.3 Å². The van der Waals surface area contributed by atoms with E-state index in [4.69, 9.17) is 5.73 Å². The zero-order valence-corrected chi connectivity index (χ0v) is 10.6. The lowest BCUT2D eigenvalue weighted by Gasteiger charge is -2.13. The number of nitrogens with two attached hydrogens (primary N) is 1. The molecule has 0 bridgehead atoms. The van der Waals surface area contributed by atoms with Gasteiger partial charge in [0.05, 0.1) is 12.2 Å². The average molecular weight is 254 g/mol. The smallest absolute Gasteiger partial charge is 0.324 e. The molecule has 0 spiro atoms. The van der Waals surface area contributed by atoms with Gasteiger partial charge in [0.15, 0.2) is 0 Å². The van der Waals surface area contributed by atoms with Gasteiger partial charge in [-0.2, -0.15) is 0 Å². The number of rotatable bonds is 2. The second-order valence-corrected chi connectivity index (χ2v) is 4.37. The molecule has 2 heterocycles. The van der Waals surface area contributed by atoms with Crippen LogP contribution in [0.5, 0.6) is 0 Å². The van der Waals surface area contributed by atoms with E-state index >= 15 is 0 Å². The molecule has 96 valence electrons. The number of nitrogens with zero attached hydrogens (tertiary/aromatic N) is 3. The van der Waals surface area contributed by atoms with Gasteiger partial charge in [0, 0.05) is 6.20 Å². The largest absolute Gasteiger partial charge is 0.339 e. The Labute approximate surface area is 109 Å². The van der Waals surface area contributed by atoms with Crippen LogP contribution in [-0.4, -0.2) is 14.0 Å². The summed E-state index contributed by atoms with van der Waals surface area (Å²) >= 11 is 0. The highest BCUT2D eigenvalue weighted by Gasteiger charge is 2.12. The van der Waals surface area contributed by atoms with Crippen LogP contribution < -0.4 is 11.4 Å². The van der Waals surface area contributed by atoms with Crippen LogP contribution in [0.15, 0.2) is 47.4 Å². The number of aromatic nitrogens is 3. The molecule has 0 aliphatic carbocycles. The molecule has 1 aromatic carbocycles. The van der Waals surface area contributed by atoms with Crippen LogP contribution in [0.3, 0.4) is 0 Å². The molecule has 5 nitrogen and oxygen atoms in total. The molecule has 0 amide bonds. The molecule has 0 unspecified atom stereocenters. The van der Waals surface area contributed by atoms with Crippen LogP contribution in [0, 0.1) is 6.92 Å². The first-order valence-electron chi connectivity index (χ1n) is 6.07. The Bertz CT molecular complexity index is 801. The lowest BCUT2D eigenvalue weighted by atomic mass is 10.2. The third-order valence-corrected chi connectivity index (χ3v) is 3.17. The molecule has 3 aromatic rings. The van der Waals surface area contributed by atoms with Crippen LogP contribution in [-0.2, 0) is 6.54 Å². The topological polar surface area (TPSA) is 65.3 Å².